The number of carbonyl (C=O) groups is 1. The van der Waals surface area contributed by atoms with Crippen molar-refractivity contribution in [2.45, 2.75) is 6.54 Å². The minimum absolute atomic E-state index is 0.0559. The normalized spacial score (nSPS) is 15.5. The lowest BCUT2D eigenvalue weighted by Gasteiger charge is -2.09. The van der Waals surface area contributed by atoms with Gasteiger partial charge in [0.05, 0.1) is 18.6 Å². The van der Waals surface area contributed by atoms with E-state index in [1.165, 1.54) is 16.7 Å². The number of hydrogen-bond donors (Lipinski definition) is 0. The van der Waals surface area contributed by atoms with Gasteiger partial charge in [0.2, 0.25) is 0 Å². The Bertz CT molecular complexity index is 1100. The third-order valence-corrected chi connectivity index (χ3v) is 6.24. The Morgan fingerprint density at radius 3 is 2.52 bits per heavy atom. The third-order valence-electron chi connectivity index (χ3n) is 4.75. The number of hydrogen-bond acceptors (Lipinski definition) is 5. The zero-order chi connectivity index (χ0) is 20.4. The number of ether oxygens (including phenoxy) is 2. The Morgan fingerprint density at radius 1 is 1.10 bits per heavy atom. The summed E-state index contributed by atoms with van der Waals surface area (Å²) in [6.07, 6.45) is 3.98. The van der Waals surface area contributed by atoms with Gasteiger partial charge in [-0.25, -0.2) is 0 Å². The molecule has 148 valence electrons. The number of methoxy groups -OCH3 is 1. The molecule has 0 bridgehead atoms. The van der Waals surface area contributed by atoms with Gasteiger partial charge in [-0.15, -0.1) is 0 Å². The van der Waals surface area contributed by atoms with Crippen LogP contribution in [-0.4, -0.2) is 40.5 Å². The first-order valence-electron chi connectivity index (χ1n) is 9.13. The monoisotopic (exact) mass is 424 g/mol. The maximum Gasteiger partial charge on any atom is 0.265 e. The summed E-state index contributed by atoms with van der Waals surface area (Å²) in [6.45, 7) is 1.22. The fourth-order valence-electron chi connectivity index (χ4n) is 3.20. The Labute approximate surface area is 178 Å². The van der Waals surface area contributed by atoms with Crippen molar-refractivity contribution in [3.63, 3.8) is 0 Å². The van der Waals surface area contributed by atoms with E-state index in [0.717, 1.165) is 28.0 Å². The molecule has 0 aliphatic carbocycles. The summed E-state index contributed by atoms with van der Waals surface area (Å²) in [5.41, 5.74) is 2.10. The van der Waals surface area contributed by atoms with Gasteiger partial charge in [-0.05, 0) is 36.4 Å². The second-order valence-corrected chi connectivity index (χ2v) is 8.24. The SMILES string of the molecule is COc1ccc(OCCn2cc(/C=C3\SC(=S)N(C)C3=O)c3ccccc32)cc1. The lowest BCUT2D eigenvalue weighted by Crippen LogP contribution is -2.22. The van der Waals surface area contributed by atoms with E-state index in [4.69, 9.17) is 21.7 Å². The highest BCUT2D eigenvalue weighted by atomic mass is 32.2. The van der Waals surface area contributed by atoms with Crippen LogP contribution in [0.4, 0.5) is 0 Å². The van der Waals surface area contributed by atoms with Gasteiger partial charge >= 0.3 is 0 Å². The van der Waals surface area contributed by atoms with Crippen molar-refractivity contribution in [2.24, 2.45) is 0 Å². The summed E-state index contributed by atoms with van der Waals surface area (Å²) in [6, 6.07) is 15.7. The van der Waals surface area contributed by atoms with Crippen molar-refractivity contribution >= 4 is 51.2 Å². The molecule has 7 heteroatoms. The molecule has 3 aromatic rings. The quantitative estimate of drug-likeness (QED) is 0.429. The number of nitrogens with zero attached hydrogens (tertiary/aromatic N) is 2. The maximum absolute atomic E-state index is 12.4. The van der Waals surface area contributed by atoms with E-state index in [2.05, 4.69) is 22.9 Å². The van der Waals surface area contributed by atoms with Crippen LogP contribution in [0.5, 0.6) is 11.5 Å². The summed E-state index contributed by atoms with van der Waals surface area (Å²) in [7, 11) is 3.35. The number of thiocarbonyl (C=S) groups is 1. The van der Waals surface area contributed by atoms with Gasteiger partial charge in [-0.1, -0.05) is 42.2 Å². The van der Waals surface area contributed by atoms with Crippen LogP contribution in [0.1, 0.15) is 5.56 Å². The summed E-state index contributed by atoms with van der Waals surface area (Å²) < 4.78 is 13.8. The highest BCUT2D eigenvalue weighted by Gasteiger charge is 2.29. The number of amides is 1. The second kappa shape index (κ2) is 8.31. The van der Waals surface area contributed by atoms with Gasteiger partial charge in [0, 0.05) is 29.7 Å². The standard InChI is InChI=1S/C22H20N2O3S2/c1-23-21(25)20(29-22(23)28)13-15-14-24(19-6-4-3-5-18(15)19)11-12-27-17-9-7-16(26-2)8-10-17/h3-10,13-14H,11-12H2,1-2H3/b20-13-. The average Bonchev–Trinajstić information content (AvgIpc) is 3.21. The predicted octanol–water partition coefficient (Wildman–Crippen LogP) is 4.56. The Hall–Kier alpha value is -2.77. The second-order valence-electron chi connectivity index (χ2n) is 6.56. The van der Waals surface area contributed by atoms with Crippen LogP contribution in [0.2, 0.25) is 0 Å². The van der Waals surface area contributed by atoms with Crippen LogP contribution in [0.3, 0.4) is 0 Å². The van der Waals surface area contributed by atoms with Crippen molar-refractivity contribution < 1.29 is 14.3 Å². The van der Waals surface area contributed by atoms with Gasteiger partial charge in [-0.3, -0.25) is 9.69 Å². The van der Waals surface area contributed by atoms with Crippen molar-refractivity contribution in [1.29, 1.82) is 0 Å². The number of carbonyl (C=O) groups excluding carboxylic acids is 1. The van der Waals surface area contributed by atoms with E-state index in [-0.39, 0.29) is 5.91 Å². The Balaban J connectivity index is 1.54. The van der Waals surface area contributed by atoms with Gasteiger partial charge < -0.3 is 14.0 Å². The van der Waals surface area contributed by atoms with Crippen LogP contribution < -0.4 is 9.47 Å². The van der Waals surface area contributed by atoms with E-state index in [0.29, 0.717) is 22.4 Å². The van der Waals surface area contributed by atoms with Crippen LogP contribution in [0, 0.1) is 0 Å². The van der Waals surface area contributed by atoms with Gasteiger partial charge in [-0.2, -0.15) is 0 Å². The highest BCUT2D eigenvalue weighted by Crippen LogP contribution is 2.33. The molecule has 0 radical (unpaired) electrons. The molecule has 1 aliphatic heterocycles. The summed E-state index contributed by atoms with van der Waals surface area (Å²) in [5.74, 6) is 1.55. The number of para-hydroxylation sites is 1. The van der Waals surface area contributed by atoms with Crippen LogP contribution in [0.25, 0.3) is 17.0 Å². The van der Waals surface area contributed by atoms with Gasteiger partial charge in [0.15, 0.2) is 0 Å². The molecule has 2 heterocycles. The van der Waals surface area contributed by atoms with Crippen molar-refractivity contribution in [2.75, 3.05) is 20.8 Å². The number of fused-ring (bicyclic) bond motifs is 1. The van der Waals surface area contributed by atoms with Crippen molar-refractivity contribution in [3.8, 4) is 11.5 Å². The number of benzene rings is 2. The minimum atomic E-state index is -0.0559. The molecule has 1 amide bonds. The van der Waals surface area contributed by atoms with Crippen molar-refractivity contribution in [1.82, 2.24) is 9.47 Å². The summed E-state index contributed by atoms with van der Waals surface area (Å²) >= 11 is 6.57. The molecule has 0 spiro atoms. The van der Waals surface area contributed by atoms with Gasteiger partial charge in [0.1, 0.15) is 22.4 Å². The molecule has 5 nitrogen and oxygen atoms in total. The van der Waals surface area contributed by atoms with E-state index in [9.17, 15) is 4.79 Å². The molecular weight excluding hydrogens is 404 g/mol. The van der Waals surface area contributed by atoms with Crippen molar-refractivity contribution in [3.05, 3.63) is 65.2 Å². The first-order valence-corrected chi connectivity index (χ1v) is 10.4. The first-order chi connectivity index (χ1) is 14.1. The topological polar surface area (TPSA) is 43.7 Å². The molecule has 0 atom stereocenters. The van der Waals surface area contributed by atoms with Gasteiger partial charge in [0.25, 0.3) is 5.91 Å². The third kappa shape index (κ3) is 4.02. The lowest BCUT2D eigenvalue weighted by atomic mass is 10.1. The molecule has 1 fully saturated rings. The molecular formula is C22H20N2O3S2. The van der Waals surface area contributed by atoms with E-state index in [1.54, 1.807) is 14.2 Å². The molecule has 1 aliphatic rings. The molecule has 0 unspecified atom stereocenters. The number of aromatic nitrogens is 1. The molecule has 0 N–H and O–H groups in total. The maximum atomic E-state index is 12.4. The predicted molar refractivity (Wildman–Crippen MR) is 121 cm³/mol. The summed E-state index contributed by atoms with van der Waals surface area (Å²) in [5, 5.41) is 1.10. The van der Waals surface area contributed by atoms with E-state index >= 15 is 0 Å². The number of likely N-dealkylation sites (N-methyl/N-ethyl adjacent to an activating group) is 1. The first kappa shape index (κ1) is 19.5. The zero-order valence-electron chi connectivity index (χ0n) is 16.1. The minimum Gasteiger partial charge on any atom is -0.497 e. The number of rotatable bonds is 6. The molecule has 29 heavy (non-hydrogen) atoms. The average molecular weight is 425 g/mol. The molecule has 1 aromatic heterocycles. The Morgan fingerprint density at radius 2 is 1.83 bits per heavy atom. The molecule has 4 rings (SSSR count). The Kier molecular flexibility index (Phi) is 5.60. The fourth-order valence-corrected chi connectivity index (χ4v) is 4.37. The molecule has 2 aromatic carbocycles. The largest absolute Gasteiger partial charge is 0.497 e. The molecule has 1 saturated heterocycles. The van der Waals surface area contributed by atoms with E-state index in [1.807, 2.05) is 42.5 Å². The van der Waals surface area contributed by atoms with Crippen LogP contribution >= 0.6 is 24.0 Å². The molecule has 0 saturated carbocycles. The van der Waals surface area contributed by atoms with Crippen LogP contribution in [0.15, 0.2) is 59.6 Å². The number of thioether (sulfide) groups is 1. The zero-order valence-corrected chi connectivity index (χ0v) is 17.8. The smallest absolute Gasteiger partial charge is 0.265 e. The van der Waals surface area contributed by atoms with E-state index < -0.39 is 0 Å². The highest BCUT2D eigenvalue weighted by molar-refractivity contribution is 8.26. The van der Waals surface area contributed by atoms with Crippen LogP contribution in [-0.2, 0) is 11.3 Å². The fraction of sp³-hybridized carbons (Fsp3) is 0.182. The lowest BCUT2D eigenvalue weighted by molar-refractivity contribution is -0.121. The summed E-state index contributed by atoms with van der Waals surface area (Å²) in [4.78, 5) is 14.5.